The number of benzene rings is 1. The van der Waals surface area contributed by atoms with E-state index >= 15 is 0 Å². The van der Waals surface area contributed by atoms with Gasteiger partial charge in [-0.1, -0.05) is 11.6 Å². The lowest BCUT2D eigenvalue weighted by Gasteiger charge is -2.20. The Morgan fingerprint density at radius 3 is 3.00 bits per heavy atom. The summed E-state index contributed by atoms with van der Waals surface area (Å²) in [7, 11) is 0. The zero-order chi connectivity index (χ0) is 14.4. The maximum Gasteiger partial charge on any atom is 0.246 e. The first kappa shape index (κ1) is 14.9. The van der Waals surface area contributed by atoms with Crippen LogP contribution < -0.4 is 14.8 Å². The van der Waals surface area contributed by atoms with Crippen LogP contribution in [0.3, 0.4) is 0 Å². The number of halogens is 1. The monoisotopic (exact) mass is 299 g/mol. The zero-order valence-corrected chi connectivity index (χ0v) is 12.2. The molecular formula is C14H18ClNO4. The summed E-state index contributed by atoms with van der Waals surface area (Å²) in [5.74, 6) is 1.15. The molecule has 1 heterocycles. The number of hydrogen-bond acceptors (Lipinski definition) is 4. The Kier molecular flexibility index (Phi) is 5.49. The van der Waals surface area contributed by atoms with E-state index in [2.05, 4.69) is 5.32 Å². The van der Waals surface area contributed by atoms with Gasteiger partial charge in [0.15, 0.2) is 11.5 Å². The number of hydrogen-bond donors (Lipinski definition) is 1. The van der Waals surface area contributed by atoms with E-state index in [0.29, 0.717) is 49.3 Å². The van der Waals surface area contributed by atoms with Crippen molar-refractivity contribution in [3.63, 3.8) is 0 Å². The van der Waals surface area contributed by atoms with E-state index in [9.17, 15) is 4.79 Å². The number of carbonyl (C=O) groups is 1. The second-order valence-corrected chi connectivity index (χ2v) is 4.75. The molecule has 0 aromatic heterocycles. The van der Waals surface area contributed by atoms with Crippen LogP contribution in [0.15, 0.2) is 12.1 Å². The van der Waals surface area contributed by atoms with Crippen LogP contribution in [0.5, 0.6) is 11.5 Å². The van der Waals surface area contributed by atoms with Crippen molar-refractivity contribution in [2.45, 2.75) is 13.3 Å². The molecule has 1 aliphatic rings. The minimum absolute atomic E-state index is 0.0956. The molecule has 1 aromatic carbocycles. The maximum atomic E-state index is 11.4. The van der Waals surface area contributed by atoms with E-state index in [1.807, 2.05) is 19.1 Å². The Bertz CT molecular complexity index is 478. The van der Waals surface area contributed by atoms with Crippen LogP contribution in [0.4, 0.5) is 0 Å². The smallest absolute Gasteiger partial charge is 0.246 e. The number of amides is 1. The highest BCUT2D eigenvalue weighted by Crippen LogP contribution is 2.38. The minimum Gasteiger partial charge on any atom is -0.486 e. The highest BCUT2D eigenvalue weighted by atomic mass is 35.5. The molecule has 0 radical (unpaired) electrons. The Morgan fingerprint density at radius 2 is 2.20 bits per heavy atom. The molecule has 0 spiro atoms. The third-order valence-corrected chi connectivity index (χ3v) is 3.11. The summed E-state index contributed by atoms with van der Waals surface area (Å²) in [6, 6.07) is 3.73. The van der Waals surface area contributed by atoms with Crippen LogP contribution in [-0.2, 0) is 16.0 Å². The van der Waals surface area contributed by atoms with Crippen LogP contribution in [0.25, 0.3) is 0 Å². The lowest BCUT2D eigenvalue weighted by Crippen LogP contribution is -2.29. The molecule has 6 heteroatoms. The predicted octanol–water partition coefficient (Wildman–Crippen LogP) is 1.81. The van der Waals surface area contributed by atoms with Gasteiger partial charge in [-0.25, -0.2) is 0 Å². The first-order valence-corrected chi connectivity index (χ1v) is 7.01. The Hall–Kier alpha value is -1.46. The molecule has 1 aromatic rings. The van der Waals surface area contributed by atoms with Gasteiger partial charge < -0.3 is 19.5 Å². The molecule has 1 aliphatic heterocycles. The average Bonchev–Trinajstić information content (AvgIpc) is 2.45. The van der Waals surface area contributed by atoms with Crippen LogP contribution in [0.1, 0.15) is 12.5 Å². The third kappa shape index (κ3) is 4.02. The Morgan fingerprint density at radius 1 is 1.40 bits per heavy atom. The van der Waals surface area contributed by atoms with Crippen LogP contribution in [-0.4, -0.2) is 38.9 Å². The van der Waals surface area contributed by atoms with Gasteiger partial charge in [-0.3, -0.25) is 4.79 Å². The van der Waals surface area contributed by atoms with Gasteiger partial charge in [0.05, 0.1) is 5.02 Å². The molecule has 1 amide bonds. The molecular weight excluding hydrogens is 282 g/mol. The normalized spacial score (nSPS) is 13.1. The van der Waals surface area contributed by atoms with Crippen molar-refractivity contribution in [1.29, 1.82) is 0 Å². The van der Waals surface area contributed by atoms with Gasteiger partial charge in [0.25, 0.3) is 0 Å². The van der Waals surface area contributed by atoms with Crippen molar-refractivity contribution >= 4 is 17.5 Å². The largest absolute Gasteiger partial charge is 0.486 e. The molecule has 0 unspecified atom stereocenters. The lowest BCUT2D eigenvalue weighted by atomic mass is 10.1. The predicted molar refractivity (Wildman–Crippen MR) is 75.6 cm³/mol. The average molecular weight is 300 g/mol. The van der Waals surface area contributed by atoms with Crippen molar-refractivity contribution in [3.05, 3.63) is 22.7 Å². The van der Waals surface area contributed by atoms with Gasteiger partial charge in [0, 0.05) is 13.2 Å². The van der Waals surface area contributed by atoms with E-state index in [-0.39, 0.29) is 12.5 Å². The highest BCUT2D eigenvalue weighted by molar-refractivity contribution is 6.32. The van der Waals surface area contributed by atoms with Crippen molar-refractivity contribution in [2.24, 2.45) is 0 Å². The van der Waals surface area contributed by atoms with Gasteiger partial charge in [-0.05, 0) is 31.0 Å². The first-order chi connectivity index (χ1) is 9.70. The molecule has 5 nitrogen and oxygen atoms in total. The summed E-state index contributed by atoms with van der Waals surface area (Å²) in [5.41, 5.74) is 0.996. The molecule has 0 bridgehead atoms. The van der Waals surface area contributed by atoms with Gasteiger partial charge in [-0.15, -0.1) is 0 Å². The van der Waals surface area contributed by atoms with E-state index in [0.717, 1.165) is 5.56 Å². The summed E-state index contributed by atoms with van der Waals surface area (Å²) in [5, 5.41) is 3.33. The van der Waals surface area contributed by atoms with Crippen LogP contribution in [0, 0.1) is 0 Å². The lowest BCUT2D eigenvalue weighted by molar-refractivity contribution is -0.125. The summed E-state index contributed by atoms with van der Waals surface area (Å²) < 4.78 is 16.0. The van der Waals surface area contributed by atoms with Crippen molar-refractivity contribution < 1.29 is 19.0 Å². The third-order valence-electron chi connectivity index (χ3n) is 2.83. The molecule has 1 N–H and O–H groups in total. The van der Waals surface area contributed by atoms with Gasteiger partial charge in [0.1, 0.15) is 19.8 Å². The number of ether oxygens (including phenoxy) is 3. The SMILES string of the molecule is CCOCC(=O)NCCc1cc(Cl)c2c(c1)OCCO2. The summed E-state index contributed by atoms with van der Waals surface area (Å²) in [4.78, 5) is 11.4. The van der Waals surface area contributed by atoms with Crippen molar-refractivity contribution in [2.75, 3.05) is 33.0 Å². The van der Waals surface area contributed by atoms with E-state index < -0.39 is 0 Å². The van der Waals surface area contributed by atoms with Gasteiger partial charge in [-0.2, -0.15) is 0 Å². The standard InChI is InChI=1S/C14H18ClNO4/c1-2-18-9-13(17)16-4-3-10-7-11(15)14-12(8-10)19-5-6-20-14/h7-8H,2-6,9H2,1H3,(H,16,17). The minimum atomic E-state index is -0.115. The molecule has 2 rings (SSSR count). The molecule has 0 atom stereocenters. The summed E-state index contributed by atoms with van der Waals surface area (Å²) >= 11 is 6.14. The van der Waals surface area contributed by atoms with Crippen molar-refractivity contribution in [1.82, 2.24) is 5.32 Å². The molecule has 0 fully saturated rings. The van der Waals surface area contributed by atoms with E-state index in [1.165, 1.54) is 0 Å². The fourth-order valence-corrected chi connectivity index (χ4v) is 2.19. The van der Waals surface area contributed by atoms with Crippen LogP contribution in [0.2, 0.25) is 5.02 Å². The van der Waals surface area contributed by atoms with E-state index in [1.54, 1.807) is 0 Å². The second-order valence-electron chi connectivity index (χ2n) is 4.34. The Balaban J connectivity index is 1.87. The zero-order valence-electron chi connectivity index (χ0n) is 11.4. The highest BCUT2D eigenvalue weighted by Gasteiger charge is 2.16. The Labute approximate surface area is 123 Å². The fourth-order valence-electron chi connectivity index (χ4n) is 1.90. The molecule has 0 saturated carbocycles. The number of carbonyl (C=O) groups excluding carboxylic acids is 1. The van der Waals surface area contributed by atoms with Crippen molar-refractivity contribution in [3.8, 4) is 11.5 Å². The summed E-state index contributed by atoms with van der Waals surface area (Å²) in [6.07, 6.45) is 0.675. The summed E-state index contributed by atoms with van der Waals surface area (Å²) in [6.45, 7) is 4.05. The van der Waals surface area contributed by atoms with E-state index in [4.69, 9.17) is 25.8 Å². The number of rotatable bonds is 6. The number of fused-ring (bicyclic) bond motifs is 1. The quantitative estimate of drug-likeness (QED) is 0.870. The number of nitrogens with one attached hydrogen (secondary N) is 1. The molecule has 20 heavy (non-hydrogen) atoms. The second kappa shape index (κ2) is 7.36. The van der Waals surface area contributed by atoms with Crippen LogP contribution >= 0.6 is 11.6 Å². The maximum absolute atomic E-state index is 11.4. The van der Waals surface area contributed by atoms with Gasteiger partial charge in [0.2, 0.25) is 5.91 Å². The van der Waals surface area contributed by atoms with Gasteiger partial charge >= 0.3 is 0 Å². The molecule has 0 saturated heterocycles. The molecule has 0 aliphatic carbocycles. The molecule has 110 valence electrons. The fraction of sp³-hybridized carbons (Fsp3) is 0.500. The first-order valence-electron chi connectivity index (χ1n) is 6.63. The topological polar surface area (TPSA) is 56.8 Å².